The van der Waals surface area contributed by atoms with Crippen LogP contribution in [0, 0.1) is 0 Å². The van der Waals surface area contributed by atoms with Crippen LogP contribution in [0.2, 0.25) is 0 Å². The van der Waals surface area contributed by atoms with Gasteiger partial charge in [0.15, 0.2) is 12.6 Å². The normalized spacial score (nSPS) is 24.9. The molecule has 534 valence electrons. The summed E-state index contributed by atoms with van der Waals surface area (Å²) >= 11 is 1.50. The maximum atomic E-state index is 11.9. The molecule has 16 heteroatoms. The number of benzene rings is 10. The summed E-state index contributed by atoms with van der Waals surface area (Å²) in [5.41, 5.74) is 7.71. The lowest BCUT2D eigenvalue weighted by Crippen LogP contribution is -2.68. The van der Waals surface area contributed by atoms with Crippen molar-refractivity contribution >= 4 is 11.8 Å². The fraction of sp³-hybridized carbons (Fsp3) is 0.310. The summed E-state index contributed by atoms with van der Waals surface area (Å²) < 4.78 is 102. The van der Waals surface area contributed by atoms with Gasteiger partial charge >= 0.3 is 0 Å². The van der Waals surface area contributed by atoms with E-state index < -0.39 is 97.9 Å². The SMILES string of the molecule is OC[C@H]1O[C@@H](Sc2ccccc2)[C@H](OCc2ccccc2)[C@@H](OCc2ccccc2)[C@@H]1O[C@H]1O[C@H](COCc2ccccc2)[C@@H](O[C@H]2O[C@H](COCc3ccccc3)[C@@H](OCc3ccccc3)[C@H](OCc3ccccc3)[C@H]2OCc2ccccc2)[C@H](OCc2ccccc2)[C@H]1OCc1ccccc1. The first-order valence-corrected chi connectivity index (χ1v) is 36.3. The highest BCUT2D eigenvalue weighted by atomic mass is 32.2. The summed E-state index contributed by atoms with van der Waals surface area (Å²) in [7, 11) is 0. The summed E-state index contributed by atoms with van der Waals surface area (Å²) in [6.07, 6.45) is -14.0. The van der Waals surface area contributed by atoms with E-state index in [9.17, 15) is 5.11 Å². The number of thioether (sulfide) groups is 1. The first-order valence-electron chi connectivity index (χ1n) is 35.5. The molecule has 10 aromatic rings. The van der Waals surface area contributed by atoms with E-state index >= 15 is 0 Å². The molecule has 3 saturated heterocycles. The van der Waals surface area contributed by atoms with Gasteiger partial charge in [0, 0.05) is 4.90 Å². The van der Waals surface area contributed by atoms with Gasteiger partial charge in [-0.1, -0.05) is 303 Å². The Balaban J connectivity index is 0.928. The van der Waals surface area contributed by atoms with Gasteiger partial charge < -0.3 is 71.4 Å². The molecule has 103 heavy (non-hydrogen) atoms. The number of hydrogen-bond acceptors (Lipinski definition) is 16. The molecule has 15 nitrogen and oxygen atoms in total. The van der Waals surface area contributed by atoms with Gasteiger partial charge in [0.05, 0.1) is 79.3 Å². The van der Waals surface area contributed by atoms with E-state index in [1.165, 1.54) is 11.8 Å². The summed E-state index contributed by atoms with van der Waals surface area (Å²) in [5, 5.41) is 11.9. The highest BCUT2D eigenvalue weighted by Gasteiger charge is 2.57. The van der Waals surface area contributed by atoms with Crippen molar-refractivity contribution in [3.63, 3.8) is 0 Å². The van der Waals surface area contributed by atoms with E-state index in [2.05, 4.69) is 0 Å². The van der Waals surface area contributed by atoms with Gasteiger partial charge in [-0.05, 0) is 62.2 Å². The van der Waals surface area contributed by atoms with Crippen LogP contribution in [-0.4, -0.2) is 116 Å². The lowest BCUT2D eigenvalue weighted by Gasteiger charge is -2.52. The molecule has 10 aromatic carbocycles. The minimum Gasteiger partial charge on any atom is -0.394 e. The molecule has 3 heterocycles. The Morgan fingerprint density at radius 2 is 0.485 bits per heavy atom. The highest BCUT2D eigenvalue weighted by Crippen LogP contribution is 2.42. The van der Waals surface area contributed by atoms with Crippen molar-refractivity contribution in [2.24, 2.45) is 0 Å². The van der Waals surface area contributed by atoms with E-state index in [4.69, 9.17) is 66.3 Å². The fourth-order valence-electron chi connectivity index (χ4n) is 13.0. The fourth-order valence-corrected chi connectivity index (χ4v) is 14.2. The Hall–Kier alpha value is -8.05. The van der Waals surface area contributed by atoms with Crippen LogP contribution in [0.1, 0.15) is 50.1 Å². The maximum absolute atomic E-state index is 11.9. The van der Waals surface area contributed by atoms with Crippen LogP contribution in [0.5, 0.6) is 0 Å². The monoisotopic (exact) mass is 1410 g/mol. The van der Waals surface area contributed by atoms with Crippen LogP contribution in [0.4, 0.5) is 0 Å². The lowest BCUT2D eigenvalue weighted by atomic mass is 9.95. The van der Waals surface area contributed by atoms with Crippen molar-refractivity contribution in [2.75, 3.05) is 19.8 Å². The predicted octanol–water partition coefficient (Wildman–Crippen LogP) is 15.2. The lowest BCUT2D eigenvalue weighted by molar-refractivity contribution is -0.388. The molecule has 0 spiro atoms. The minimum atomic E-state index is -1.30. The largest absolute Gasteiger partial charge is 0.394 e. The predicted molar refractivity (Wildman–Crippen MR) is 392 cm³/mol. The molecule has 3 fully saturated rings. The number of hydrogen-bond donors (Lipinski definition) is 1. The molecule has 0 bridgehead atoms. The zero-order valence-electron chi connectivity index (χ0n) is 57.6. The Bertz CT molecular complexity index is 3950. The molecule has 3 aliphatic rings. The third-order valence-electron chi connectivity index (χ3n) is 18.3. The number of aliphatic hydroxyl groups is 1. The molecule has 0 saturated carbocycles. The van der Waals surface area contributed by atoms with Crippen molar-refractivity contribution in [2.45, 2.75) is 156 Å². The quantitative estimate of drug-likeness (QED) is 0.0396. The van der Waals surface area contributed by atoms with Gasteiger partial charge in [-0.2, -0.15) is 0 Å². The Morgan fingerprint density at radius 3 is 0.806 bits per heavy atom. The smallest absolute Gasteiger partial charge is 0.187 e. The van der Waals surface area contributed by atoms with Crippen molar-refractivity contribution in [1.29, 1.82) is 0 Å². The second-order valence-corrected chi connectivity index (χ2v) is 26.9. The number of ether oxygens (including phenoxy) is 14. The molecular weight excluding hydrogens is 1320 g/mol. The van der Waals surface area contributed by atoms with Crippen molar-refractivity contribution in [3.8, 4) is 0 Å². The van der Waals surface area contributed by atoms with E-state index in [1.54, 1.807) is 0 Å². The van der Waals surface area contributed by atoms with Crippen molar-refractivity contribution < 1.29 is 71.4 Å². The third-order valence-corrected chi connectivity index (χ3v) is 19.5. The topological polar surface area (TPSA) is 149 Å². The summed E-state index contributed by atoms with van der Waals surface area (Å²) in [6, 6.07) is 100. The van der Waals surface area contributed by atoms with Gasteiger partial charge in [-0.25, -0.2) is 0 Å². The second kappa shape index (κ2) is 39.2. The molecule has 13 rings (SSSR count). The van der Waals surface area contributed by atoms with Crippen LogP contribution >= 0.6 is 11.8 Å². The first kappa shape index (κ1) is 73.3. The molecule has 15 atom stereocenters. The van der Waals surface area contributed by atoms with Crippen LogP contribution in [0.25, 0.3) is 0 Å². The molecule has 0 amide bonds. The molecule has 0 unspecified atom stereocenters. The Labute approximate surface area is 608 Å². The van der Waals surface area contributed by atoms with Crippen LogP contribution in [-0.2, 0) is 126 Å². The van der Waals surface area contributed by atoms with Gasteiger partial charge in [-0.15, -0.1) is 0 Å². The molecule has 0 aliphatic carbocycles. The van der Waals surface area contributed by atoms with Crippen LogP contribution < -0.4 is 0 Å². The van der Waals surface area contributed by atoms with Crippen molar-refractivity contribution in [1.82, 2.24) is 0 Å². The van der Waals surface area contributed by atoms with Crippen LogP contribution in [0.3, 0.4) is 0 Å². The summed E-state index contributed by atoms with van der Waals surface area (Å²) in [5.74, 6) is 0. The van der Waals surface area contributed by atoms with Gasteiger partial charge in [0.25, 0.3) is 0 Å². The van der Waals surface area contributed by atoms with E-state index in [1.807, 2.05) is 303 Å². The zero-order valence-corrected chi connectivity index (χ0v) is 58.4. The van der Waals surface area contributed by atoms with Crippen LogP contribution in [0.15, 0.2) is 308 Å². The molecule has 0 radical (unpaired) electrons. The van der Waals surface area contributed by atoms with E-state index in [0.29, 0.717) is 6.61 Å². The third kappa shape index (κ3) is 21.3. The van der Waals surface area contributed by atoms with E-state index in [0.717, 1.165) is 55.0 Å². The van der Waals surface area contributed by atoms with Gasteiger partial charge in [0.1, 0.15) is 78.7 Å². The first-order chi connectivity index (χ1) is 51.0. The summed E-state index contributed by atoms with van der Waals surface area (Å²) in [6.45, 7) is 1.27. The molecule has 3 aliphatic heterocycles. The standard InChI is InChI=1S/C87H90O15S/c88-51-73-77(81(94-57-68-41-21-6-22-42-68)84(97-60-71-47-27-9-28-48-71)87(100-73)103-72-49-29-10-30-50-72)101-86-83(96-59-70-45-25-8-26-46-70)80(93-56-67-39-19-5-20-40-67)78(75(99-86)62-90-53-64-33-13-2-14-34-64)102-85-82(95-58-69-43-23-7-24-44-69)79(92-55-66-37-17-4-18-38-66)76(91-54-65-35-15-3-16-36-65)74(98-85)61-89-52-63-31-11-1-12-32-63/h1-50,73-88H,51-62H2/t73-,74-,75-,76-,77-,78-,79+,80+,81+,82-,83-,84-,85-,86-,87+/m1/s1. The highest BCUT2D eigenvalue weighted by molar-refractivity contribution is 7.99. The molecule has 1 N–H and O–H groups in total. The Kier molecular flexibility index (Phi) is 27.9. The molecular formula is C87H90O15S. The second-order valence-electron chi connectivity index (χ2n) is 25.8. The number of rotatable bonds is 36. The zero-order chi connectivity index (χ0) is 69.9. The van der Waals surface area contributed by atoms with E-state index in [-0.39, 0.29) is 66.1 Å². The summed E-state index contributed by atoms with van der Waals surface area (Å²) in [4.78, 5) is 0.941. The molecule has 0 aromatic heterocycles. The maximum Gasteiger partial charge on any atom is 0.187 e. The van der Waals surface area contributed by atoms with Gasteiger partial charge in [-0.3, -0.25) is 0 Å². The average Bonchev–Trinajstić information content (AvgIpc) is 0.773. The average molecular weight is 1410 g/mol. The van der Waals surface area contributed by atoms with Crippen molar-refractivity contribution in [3.05, 3.63) is 353 Å². The van der Waals surface area contributed by atoms with Gasteiger partial charge in [0.2, 0.25) is 0 Å². The Morgan fingerprint density at radius 1 is 0.243 bits per heavy atom. The number of aliphatic hydroxyl groups excluding tert-OH is 1. The minimum absolute atomic E-state index is 0.0459.